The Balaban J connectivity index is 1.29. The van der Waals surface area contributed by atoms with Crippen LogP contribution in [0.2, 0.25) is 0 Å². The van der Waals surface area contributed by atoms with Crippen molar-refractivity contribution in [1.29, 1.82) is 0 Å². The number of azide groups is 1. The van der Waals surface area contributed by atoms with Gasteiger partial charge in [-0.3, -0.25) is 19.7 Å². The zero-order chi connectivity index (χ0) is 30.3. The molecule has 0 spiro atoms. The number of nitrogens with one attached hydrogen (secondary N) is 1. The summed E-state index contributed by atoms with van der Waals surface area (Å²) >= 11 is 0. The smallest absolute Gasteiger partial charge is 0.410 e. The van der Waals surface area contributed by atoms with Gasteiger partial charge in [-0.2, -0.15) is 0 Å². The molecule has 42 heavy (non-hydrogen) atoms. The molecule has 1 saturated heterocycles. The highest BCUT2D eigenvalue weighted by Crippen LogP contribution is 2.30. The number of imide groups is 1. The van der Waals surface area contributed by atoms with Gasteiger partial charge in [0.05, 0.1) is 13.2 Å². The van der Waals surface area contributed by atoms with Crippen LogP contribution in [-0.2, 0) is 25.6 Å². The van der Waals surface area contributed by atoms with Crippen LogP contribution in [0.1, 0.15) is 87.2 Å². The third-order valence-corrected chi connectivity index (χ3v) is 7.60. The third-order valence-electron chi connectivity index (χ3n) is 7.60. The second kappa shape index (κ2) is 13.7. The topological polar surface area (TPSA) is 154 Å². The van der Waals surface area contributed by atoms with Crippen molar-refractivity contribution in [3.63, 3.8) is 0 Å². The molecule has 1 aromatic carbocycles. The molecule has 1 aromatic rings. The van der Waals surface area contributed by atoms with E-state index < -0.39 is 17.6 Å². The second-order valence-electron chi connectivity index (χ2n) is 11.7. The molecule has 2 fully saturated rings. The summed E-state index contributed by atoms with van der Waals surface area (Å²) in [6.45, 7) is 6.85. The molecule has 1 unspecified atom stereocenters. The first-order chi connectivity index (χ1) is 20.1. The maximum atomic E-state index is 13.0. The fourth-order valence-electron chi connectivity index (χ4n) is 5.55. The van der Waals surface area contributed by atoms with Gasteiger partial charge in [0.2, 0.25) is 11.8 Å². The number of nitrogens with zero attached hydrogens (tertiary/aromatic N) is 5. The minimum atomic E-state index is -0.668. The number of hydrogen-bond acceptors (Lipinski definition) is 7. The van der Waals surface area contributed by atoms with Crippen LogP contribution in [0.4, 0.5) is 4.79 Å². The van der Waals surface area contributed by atoms with E-state index in [1.807, 2.05) is 26.8 Å². The van der Waals surface area contributed by atoms with Crippen LogP contribution in [0.3, 0.4) is 0 Å². The van der Waals surface area contributed by atoms with E-state index in [1.54, 1.807) is 17.0 Å². The van der Waals surface area contributed by atoms with E-state index >= 15 is 0 Å². The zero-order valence-corrected chi connectivity index (χ0v) is 24.4. The van der Waals surface area contributed by atoms with E-state index in [0.717, 1.165) is 36.8 Å². The molecule has 4 amide bonds. The molecule has 0 bridgehead atoms. The van der Waals surface area contributed by atoms with Crippen LogP contribution in [0.15, 0.2) is 23.3 Å². The number of amides is 4. The zero-order valence-electron chi connectivity index (χ0n) is 24.4. The number of carbonyl (C=O) groups excluding carboxylic acids is 4. The van der Waals surface area contributed by atoms with Crippen molar-refractivity contribution >= 4 is 23.8 Å². The lowest BCUT2D eigenvalue weighted by molar-refractivity contribution is -0.136. The molecular weight excluding hydrogens is 540 g/mol. The van der Waals surface area contributed by atoms with Crippen LogP contribution in [-0.4, -0.2) is 77.1 Å². The quantitative estimate of drug-likeness (QED) is 0.123. The van der Waals surface area contributed by atoms with E-state index in [1.165, 1.54) is 4.90 Å². The number of benzene rings is 1. The van der Waals surface area contributed by atoms with Crippen molar-refractivity contribution in [3.8, 4) is 11.8 Å². The fourth-order valence-corrected chi connectivity index (χ4v) is 5.55. The molecule has 0 radical (unpaired) electrons. The molecule has 12 nitrogen and oxygen atoms in total. The lowest BCUT2D eigenvalue weighted by Crippen LogP contribution is -2.52. The first kappa shape index (κ1) is 30.9. The van der Waals surface area contributed by atoms with E-state index in [9.17, 15) is 19.2 Å². The van der Waals surface area contributed by atoms with Crippen molar-refractivity contribution in [3.05, 3.63) is 45.3 Å². The summed E-state index contributed by atoms with van der Waals surface area (Å²) < 4.78 is 11.4. The summed E-state index contributed by atoms with van der Waals surface area (Å²) in [5.41, 5.74) is 10.1. The predicted octanol–water partition coefficient (Wildman–Crippen LogP) is 4.06. The average Bonchev–Trinajstić information content (AvgIpc) is 3.27. The summed E-state index contributed by atoms with van der Waals surface area (Å²) in [7, 11) is 0. The molecule has 3 aliphatic rings. The van der Waals surface area contributed by atoms with Gasteiger partial charge in [-0.15, -0.1) is 0 Å². The summed E-state index contributed by atoms with van der Waals surface area (Å²) in [5.74, 6) is 5.25. The Hall–Kier alpha value is -4.07. The highest BCUT2D eigenvalue weighted by atomic mass is 16.6. The SMILES string of the molecule is CC(C)(C)OC(=O)N(CCOCCC#Cc1cccc2c1CN(C1CCC(=O)NC1=O)C2=O)[C@H]1CC[C@@H](N=[N+]=[N-])CC1. The molecule has 1 atom stereocenters. The molecule has 4 rings (SSSR count). The standard InChI is InChI=1S/C30H38N6O6/c1-30(2,3)42-29(40)35(22-12-10-21(11-13-22)33-34-31)16-18-41-17-5-4-7-20-8-6-9-23-24(20)19-36(28(23)39)25-14-15-26(37)32-27(25)38/h6,8-9,21-22,25H,5,10-19H2,1-3H3,(H,32,37,38)/t21-,22+,25?. The van der Waals surface area contributed by atoms with Gasteiger partial charge >= 0.3 is 6.09 Å². The van der Waals surface area contributed by atoms with Crippen molar-refractivity contribution in [2.24, 2.45) is 5.11 Å². The number of carbonyl (C=O) groups is 4. The normalized spacial score (nSPS) is 21.9. The summed E-state index contributed by atoms with van der Waals surface area (Å²) in [6.07, 6.45) is 3.52. The summed E-state index contributed by atoms with van der Waals surface area (Å²) in [4.78, 5) is 55.9. The summed E-state index contributed by atoms with van der Waals surface area (Å²) in [5, 5.41) is 6.14. The molecule has 2 heterocycles. The Morgan fingerprint density at radius 2 is 1.93 bits per heavy atom. The summed E-state index contributed by atoms with van der Waals surface area (Å²) in [6, 6.07) is 4.65. The van der Waals surface area contributed by atoms with Gasteiger partial charge in [-0.25, -0.2) is 4.79 Å². The highest BCUT2D eigenvalue weighted by Gasteiger charge is 2.39. The van der Waals surface area contributed by atoms with E-state index in [-0.39, 0.29) is 43.0 Å². The number of piperidine rings is 1. The van der Waals surface area contributed by atoms with Gasteiger partial charge in [-0.1, -0.05) is 23.0 Å². The van der Waals surface area contributed by atoms with Crippen LogP contribution < -0.4 is 5.32 Å². The largest absolute Gasteiger partial charge is 0.444 e. The Kier molecular flexibility index (Phi) is 10.1. The number of rotatable bonds is 8. The number of fused-ring (bicyclic) bond motifs is 1. The van der Waals surface area contributed by atoms with Gasteiger partial charge in [-0.05, 0) is 76.1 Å². The predicted molar refractivity (Wildman–Crippen MR) is 153 cm³/mol. The van der Waals surface area contributed by atoms with Crippen LogP contribution >= 0.6 is 0 Å². The Morgan fingerprint density at radius 1 is 1.17 bits per heavy atom. The number of hydrogen-bond donors (Lipinski definition) is 1. The average molecular weight is 579 g/mol. The minimum Gasteiger partial charge on any atom is -0.444 e. The monoisotopic (exact) mass is 578 g/mol. The molecule has 224 valence electrons. The van der Waals surface area contributed by atoms with Crippen LogP contribution in [0.25, 0.3) is 10.4 Å². The molecule has 2 aliphatic heterocycles. The van der Waals surface area contributed by atoms with Gasteiger partial charge in [0.15, 0.2) is 0 Å². The molecule has 12 heteroatoms. The van der Waals surface area contributed by atoms with Crippen molar-refractivity contribution < 1.29 is 28.7 Å². The Labute approximate surface area is 245 Å². The van der Waals surface area contributed by atoms with Crippen LogP contribution in [0.5, 0.6) is 0 Å². The van der Waals surface area contributed by atoms with Crippen molar-refractivity contribution in [2.75, 3.05) is 19.8 Å². The molecule has 0 aromatic heterocycles. The lowest BCUT2D eigenvalue weighted by Gasteiger charge is -2.36. The van der Waals surface area contributed by atoms with Crippen molar-refractivity contribution in [1.82, 2.24) is 15.1 Å². The fraction of sp³-hybridized carbons (Fsp3) is 0.600. The van der Waals surface area contributed by atoms with Crippen molar-refractivity contribution in [2.45, 2.75) is 96.0 Å². The molecular formula is C30H38N6O6. The van der Waals surface area contributed by atoms with Gasteiger partial charge < -0.3 is 19.3 Å². The van der Waals surface area contributed by atoms with Crippen LogP contribution in [0, 0.1) is 11.8 Å². The lowest BCUT2D eigenvalue weighted by atomic mass is 9.91. The van der Waals surface area contributed by atoms with E-state index in [2.05, 4.69) is 27.2 Å². The molecule has 1 N–H and O–H groups in total. The van der Waals surface area contributed by atoms with Gasteiger partial charge in [0.25, 0.3) is 5.91 Å². The molecule has 1 saturated carbocycles. The highest BCUT2D eigenvalue weighted by molar-refractivity contribution is 6.05. The van der Waals surface area contributed by atoms with E-state index in [0.29, 0.717) is 38.2 Å². The third kappa shape index (κ3) is 7.81. The Morgan fingerprint density at radius 3 is 2.62 bits per heavy atom. The first-order valence-electron chi connectivity index (χ1n) is 14.4. The van der Waals surface area contributed by atoms with Gasteiger partial charge in [0, 0.05) is 54.1 Å². The van der Waals surface area contributed by atoms with E-state index in [4.69, 9.17) is 15.0 Å². The number of ether oxygens (including phenoxy) is 2. The van der Waals surface area contributed by atoms with Gasteiger partial charge in [0.1, 0.15) is 11.6 Å². The Bertz CT molecular complexity index is 1310. The molecule has 1 aliphatic carbocycles. The maximum absolute atomic E-state index is 13.0. The minimum absolute atomic E-state index is 0.00369. The first-order valence-corrected chi connectivity index (χ1v) is 14.4. The second-order valence-corrected chi connectivity index (χ2v) is 11.7. The maximum Gasteiger partial charge on any atom is 0.410 e.